The first-order chi connectivity index (χ1) is 8.79. The number of hydrogen-bond acceptors (Lipinski definition) is 2. The fraction of sp³-hybridized carbons (Fsp3) is 0.500. The summed E-state index contributed by atoms with van der Waals surface area (Å²) in [5, 5.41) is 0. The van der Waals surface area contributed by atoms with Crippen LogP contribution in [0.15, 0.2) is 27.1 Å². The van der Waals surface area contributed by atoms with Gasteiger partial charge in [-0.1, -0.05) is 26.4 Å². The van der Waals surface area contributed by atoms with Crippen LogP contribution in [0.25, 0.3) is 0 Å². The maximum Gasteiger partial charge on any atom is 0.144 e. The van der Waals surface area contributed by atoms with Crippen LogP contribution >= 0.6 is 15.9 Å². The van der Waals surface area contributed by atoms with E-state index in [1.54, 1.807) is 6.07 Å². The van der Waals surface area contributed by atoms with Gasteiger partial charge in [0.1, 0.15) is 21.9 Å². The van der Waals surface area contributed by atoms with Crippen LogP contribution in [0.1, 0.15) is 45.1 Å². The molecule has 19 heavy (non-hydrogen) atoms. The van der Waals surface area contributed by atoms with E-state index in [-0.39, 0.29) is 16.5 Å². The zero-order valence-corrected chi connectivity index (χ0v) is 13.6. The number of benzene rings is 1. The van der Waals surface area contributed by atoms with Crippen molar-refractivity contribution in [2.75, 3.05) is 0 Å². The lowest BCUT2D eigenvalue weighted by atomic mass is 9.78. The molecule has 0 heterocycles. The van der Waals surface area contributed by atoms with Crippen molar-refractivity contribution in [3.8, 4) is 0 Å². The second-order valence-corrected chi connectivity index (χ2v) is 8.52. The summed E-state index contributed by atoms with van der Waals surface area (Å²) in [6.45, 7) is 5.67. The molecular formula is C14H17BrFNOS. The molecule has 1 aromatic carbocycles. The number of rotatable bonds is 2. The van der Waals surface area contributed by atoms with Crippen LogP contribution in [-0.2, 0) is 11.4 Å². The zero-order valence-electron chi connectivity index (χ0n) is 11.2. The third kappa shape index (κ3) is 3.38. The quantitative estimate of drug-likeness (QED) is 0.733. The fourth-order valence-corrected chi connectivity index (χ4v) is 2.93. The summed E-state index contributed by atoms with van der Waals surface area (Å²) in [4.78, 5) is 0. The van der Waals surface area contributed by atoms with E-state index in [1.165, 1.54) is 6.07 Å². The van der Waals surface area contributed by atoms with Crippen molar-refractivity contribution in [2.24, 2.45) is 4.40 Å². The van der Waals surface area contributed by atoms with E-state index >= 15 is 0 Å². The van der Waals surface area contributed by atoms with Gasteiger partial charge in [0.15, 0.2) is 0 Å². The Morgan fingerprint density at radius 1 is 1.42 bits per heavy atom. The minimum absolute atomic E-state index is 0.0144. The molecule has 104 valence electrons. The Morgan fingerprint density at radius 3 is 2.58 bits per heavy atom. The second kappa shape index (κ2) is 5.54. The van der Waals surface area contributed by atoms with Gasteiger partial charge in [-0.15, -0.1) is 0 Å². The van der Waals surface area contributed by atoms with E-state index in [0.717, 1.165) is 23.0 Å². The number of hydrogen-bond donors (Lipinski definition) is 0. The van der Waals surface area contributed by atoms with Crippen molar-refractivity contribution in [1.29, 1.82) is 0 Å². The molecule has 0 bridgehead atoms. The largest absolute Gasteiger partial charge is 0.591 e. The Morgan fingerprint density at radius 2 is 2.11 bits per heavy atom. The molecule has 1 saturated carbocycles. The minimum atomic E-state index is -1.27. The third-order valence-electron chi connectivity index (χ3n) is 3.15. The second-order valence-electron chi connectivity index (χ2n) is 5.70. The lowest BCUT2D eigenvalue weighted by molar-refractivity contribution is 0.557. The average Bonchev–Trinajstić information content (AvgIpc) is 2.26. The van der Waals surface area contributed by atoms with Gasteiger partial charge in [0, 0.05) is 10.4 Å². The number of nitrogens with zero attached hydrogens (tertiary/aromatic N) is 1. The molecule has 0 spiro atoms. The highest BCUT2D eigenvalue weighted by Crippen LogP contribution is 2.37. The van der Waals surface area contributed by atoms with Crippen LogP contribution in [0.5, 0.6) is 0 Å². The molecule has 1 aliphatic rings. The molecule has 2 atom stereocenters. The summed E-state index contributed by atoms with van der Waals surface area (Å²) in [7, 11) is 0. The van der Waals surface area contributed by atoms with Gasteiger partial charge in [0.25, 0.3) is 0 Å². The molecular weight excluding hydrogens is 329 g/mol. The summed E-state index contributed by atoms with van der Waals surface area (Å²) in [5.41, 5.74) is 1.51. The average molecular weight is 346 g/mol. The zero-order chi connectivity index (χ0) is 14.2. The van der Waals surface area contributed by atoms with Crippen molar-refractivity contribution in [2.45, 2.75) is 44.3 Å². The highest BCUT2D eigenvalue weighted by Gasteiger charge is 2.35. The van der Waals surface area contributed by atoms with Gasteiger partial charge in [0.2, 0.25) is 0 Å². The summed E-state index contributed by atoms with van der Waals surface area (Å²) < 4.78 is 30.6. The molecule has 0 aliphatic heterocycles. The Bertz CT molecular complexity index is 513. The maximum atomic E-state index is 13.9. The Kier molecular flexibility index (Phi) is 4.38. The molecule has 0 aromatic heterocycles. The maximum absolute atomic E-state index is 13.9. The first-order valence-corrected chi connectivity index (χ1v) is 8.13. The monoisotopic (exact) mass is 345 g/mol. The predicted octanol–water partition coefficient (Wildman–Crippen LogP) is 4.37. The standard InChI is InChI=1S/C14H17BrFNOS/c1-14(2,3)19(18)17-13-7-6-11(13)10-5-4-9(15)8-12(10)16/h4-5,8,11H,6-7H2,1-3H3/b17-13-. The molecule has 2 rings (SSSR count). The third-order valence-corrected chi connectivity index (χ3v) is 5.09. The lowest BCUT2D eigenvalue weighted by Crippen LogP contribution is -2.31. The molecule has 0 radical (unpaired) electrons. The van der Waals surface area contributed by atoms with Crippen molar-refractivity contribution >= 4 is 33.0 Å². The lowest BCUT2D eigenvalue weighted by Gasteiger charge is -2.29. The van der Waals surface area contributed by atoms with Crippen molar-refractivity contribution in [3.63, 3.8) is 0 Å². The van der Waals surface area contributed by atoms with Crippen molar-refractivity contribution < 1.29 is 8.94 Å². The first kappa shape index (κ1) is 15.0. The van der Waals surface area contributed by atoms with Gasteiger partial charge >= 0.3 is 0 Å². The van der Waals surface area contributed by atoms with E-state index in [2.05, 4.69) is 20.3 Å². The van der Waals surface area contributed by atoms with Crippen LogP contribution in [0.2, 0.25) is 0 Å². The molecule has 2 nitrogen and oxygen atoms in total. The molecule has 1 aliphatic carbocycles. The summed E-state index contributed by atoms with van der Waals surface area (Å²) in [6.07, 6.45) is 1.68. The highest BCUT2D eigenvalue weighted by molar-refractivity contribution is 9.10. The fourth-order valence-electron chi connectivity index (χ4n) is 1.89. The Balaban J connectivity index is 2.21. The van der Waals surface area contributed by atoms with Gasteiger partial charge in [-0.25, -0.2) is 4.39 Å². The van der Waals surface area contributed by atoms with Crippen LogP contribution in [-0.4, -0.2) is 15.0 Å². The van der Waals surface area contributed by atoms with Crippen LogP contribution in [0.3, 0.4) is 0 Å². The molecule has 0 N–H and O–H groups in total. The van der Waals surface area contributed by atoms with Crippen molar-refractivity contribution in [3.05, 3.63) is 34.1 Å². The normalized spacial score (nSPS) is 23.3. The van der Waals surface area contributed by atoms with Crippen LogP contribution in [0.4, 0.5) is 4.39 Å². The van der Waals surface area contributed by atoms with Gasteiger partial charge in [-0.05, 0) is 51.3 Å². The SMILES string of the molecule is CC(C)(C)[S+]([O-])/N=C1/CCC1c1ccc(Br)cc1F. The van der Waals surface area contributed by atoms with E-state index in [9.17, 15) is 8.94 Å². The number of halogens is 2. The molecule has 2 unspecified atom stereocenters. The molecule has 1 aromatic rings. The van der Waals surface area contributed by atoms with E-state index < -0.39 is 11.4 Å². The van der Waals surface area contributed by atoms with Crippen LogP contribution in [0, 0.1) is 5.82 Å². The first-order valence-electron chi connectivity index (χ1n) is 6.23. The molecule has 1 fully saturated rings. The topological polar surface area (TPSA) is 35.4 Å². The molecule has 0 amide bonds. The predicted molar refractivity (Wildman–Crippen MR) is 81.4 cm³/mol. The minimum Gasteiger partial charge on any atom is -0.591 e. The summed E-state index contributed by atoms with van der Waals surface area (Å²) in [6, 6.07) is 5.07. The Hall–Kier alpha value is -0.390. The summed E-state index contributed by atoms with van der Waals surface area (Å²) >= 11 is 1.98. The highest BCUT2D eigenvalue weighted by atomic mass is 79.9. The van der Waals surface area contributed by atoms with E-state index in [1.807, 2.05) is 26.8 Å². The molecule has 5 heteroatoms. The van der Waals surface area contributed by atoms with Crippen molar-refractivity contribution in [1.82, 2.24) is 0 Å². The molecule has 0 saturated heterocycles. The summed E-state index contributed by atoms with van der Waals surface area (Å²) in [5.74, 6) is -0.243. The van der Waals surface area contributed by atoms with E-state index in [4.69, 9.17) is 0 Å². The van der Waals surface area contributed by atoms with E-state index in [0.29, 0.717) is 5.56 Å². The van der Waals surface area contributed by atoms with Gasteiger partial charge < -0.3 is 4.55 Å². The van der Waals surface area contributed by atoms with Gasteiger partial charge in [-0.3, -0.25) is 0 Å². The van der Waals surface area contributed by atoms with Gasteiger partial charge in [-0.2, -0.15) is 0 Å². The van der Waals surface area contributed by atoms with Gasteiger partial charge in [0.05, 0.1) is 5.71 Å². The Labute approximate surface area is 125 Å². The smallest absolute Gasteiger partial charge is 0.144 e. The van der Waals surface area contributed by atoms with Crippen LogP contribution < -0.4 is 0 Å².